The molecule has 2 N–H and O–H groups in total. The van der Waals surface area contributed by atoms with Gasteiger partial charge in [-0.15, -0.1) is 0 Å². The molecular formula is C18H20N6. The Balaban J connectivity index is 1.56. The van der Waals surface area contributed by atoms with E-state index in [1.165, 1.54) is 5.56 Å². The molecule has 0 spiro atoms. The van der Waals surface area contributed by atoms with E-state index in [0.29, 0.717) is 5.82 Å². The number of pyridine rings is 1. The highest BCUT2D eigenvalue weighted by molar-refractivity contribution is 5.91. The average Bonchev–Trinajstić information content (AvgIpc) is 2.63. The van der Waals surface area contributed by atoms with Gasteiger partial charge in [0.1, 0.15) is 18.0 Å². The molecule has 1 aromatic carbocycles. The number of nitrogens with two attached hydrogens (primary N) is 1. The van der Waals surface area contributed by atoms with E-state index >= 15 is 0 Å². The largest absolute Gasteiger partial charge is 0.384 e. The number of piperazine rings is 1. The van der Waals surface area contributed by atoms with Crippen molar-refractivity contribution in [3.05, 3.63) is 48.4 Å². The maximum Gasteiger partial charge on any atom is 0.140 e. The Hall–Kier alpha value is -2.89. The second-order valence-corrected chi connectivity index (χ2v) is 6.08. The first-order valence-corrected chi connectivity index (χ1v) is 8.14. The molecule has 0 bridgehead atoms. The SMILES string of the molecule is Cc1cccc2c(N3CCN(c4ccc(N)nc4)CC3)ncnc12. The van der Waals surface area contributed by atoms with Gasteiger partial charge in [-0.2, -0.15) is 0 Å². The third kappa shape index (κ3) is 2.60. The van der Waals surface area contributed by atoms with Gasteiger partial charge in [0.25, 0.3) is 0 Å². The van der Waals surface area contributed by atoms with Crippen LogP contribution in [0.25, 0.3) is 10.9 Å². The van der Waals surface area contributed by atoms with Crippen LogP contribution in [0.2, 0.25) is 0 Å². The Bertz CT molecular complexity index is 853. The van der Waals surface area contributed by atoms with Gasteiger partial charge in [-0.05, 0) is 30.7 Å². The van der Waals surface area contributed by atoms with Gasteiger partial charge in [-0.3, -0.25) is 0 Å². The van der Waals surface area contributed by atoms with E-state index in [9.17, 15) is 0 Å². The number of benzene rings is 1. The number of fused-ring (bicyclic) bond motifs is 1. The summed E-state index contributed by atoms with van der Waals surface area (Å²) in [4.78, 5) is 17.8. The van der Waals surface area contributed by atoms with Crippen LogP contribution in [0.15, 0.2) is 42.9 Å². The van der Waals surface area contributed by atoms with Crippen molar-refractivity contribution in [2.24, 2.45) is 0 Å². The molecule has 0 amide bonds. The van der Waals surface area contributed by atoms with E-state index in [-0.39, 0.29) is 0 Å². The van der Waals surface area contributed by atoms with E-state index < -0.39 is 0 Å². The molecule has 3 aromatic rings. The minimum absolute atomic E-state index is 0.556. The van der Waals surface area contributed by atoms with Crippen LogP contribution in [0.1, 0.15) is 5.56 Å². The fourth-order valence-corrected chi connectivity index (χ4v) is 3.23. The van der Waals surface area contributed by atoms with Gasteiger partial charge < -0.3 is 15.5 Å². The van der Waals surface area contributed by atoms with Crippen LogP contribution in [0.4, 0.5) is 17.3 Å². The molecule has 0 atom stereocenters. The highest BCUT2D eigenvalue weighted by atomic mass is 15.3. The minimum Gasteiger partial charge on any atom is -0.384 e. The molecule has 1 aliphatic heterocycles. The summed E-state index contributed by atoms with van der Waals surface area (Å²) in [6.45, 7) is 5.80. The number of rotatable bonds is 2. The van der Waals surface area contributed by atoms with Gasteiger partial charge in [0.2, 0.25) is 0 Å². The molecule has 1 saturated heterocycles. The summed E-state index contributed by atoms with van der Waals surface area (Å²) < 4.78 is 0. The van der Waals surface area contributed by atoms with Crippen LogP contribution in [-0.2, 0) is 0 Å². The highest BCUT2D eigenvalue weighted by Crippen LogP contribution is 2.26. The fourth-order valence-electron chi connectivity index (χ4n) is 3.23. The van der Waals surface area contributed by atoms with E-state index in [0.717, 1.165) is 48.6 Å². The molecule has 0 radical (unpaired) electrons. The lowest BCUT2D eigenvalue weighted by atomic mass is 10.1. The maximum atomic E-state index is 5.67. The summed E-state index contributed by atoms with van der Waals surface area (Å²) in [7, 11) is 0. The quantitative estimate of drug-likeness (QED) is 0.781. The lowest BCUT2D eigenvalue weighted by molar-refractivity contribution is 0.648. The molecular weight excluding hydrogens is 300 g/mol. The zero-order valence-corrected chi connectivity index (χ0v) is 13.7. The standard InChI is InChI=1S/C18H20N6/c1-13-3-2-4-15-17(13)21-12-22-18(15)24-9-7-23(8-10-24)14-5-6-16(19)20-11-14/h2-6,11-12H,7-10H2,1H3,(H2,19,20). The van der Waals surface area contributed by atoms with Crippen LogP contribution < -0.4 is 15.5 Å². The number of para-hydroxylation sites is 1. The number of hydrogen-bond donors (Lipinski definition) is 1. The topological polar surface area (TPSA) is 71.2 Å². The number of nitrogens with zero attached hydrogens (tertiary/aromatic N) is 5. The van der Waals surface area contributed by atoms with Crippen LogP contribution in [-0.4, -0.2) is 41.1 Å². The lowest BCUT2D eigenvalue weighted by Gasteiger charge is -2.36. The second kappa shape index (κ2) is 5.96. The van der Waals surface area contributed by atoms with E-state index in [1.807, 2.05) is 18.3 Å². The summed E-state index contributed by atoms with van der Waals surface area (Å²) in [6.07, 6.45) is 3.51. The second-order valence-electron chi connectivity index (χ2n) is 6.08. The normalized spacial score (nSPS) is 15.0. The van der Waals surface area contributed by atoms with Gasteiger partial charge >= 0.3 is 0 Å². The molecule has 122 valence electrons. The van der Waals surface area contributed by atoms with Crippen molar-refractivity contribution in [1.82, 2.24) is 15.0 Å². The number of anilines is 3. The van der Waals surface area contributed by atoms with Crippen LogP contribution in [0.5, 0.6) is 0 Å². The van der Waals surface area contributed by atoms with Gasteiger partial charge in [0, 0.05) is 31.6 Å². The summed E-state index contributed by atoms with van der Waals surface area (Å²) in [6, 6.07) is 10.1. The first kappa shape index (κ1) is 14.7. The van der Waals surface area contributed by atoms with Crippen molar-refractivity contribution >= 4 is 28.2 Å². The fraction of sp³-hybridized carbons (Fsp3) is 0.278. The van der Waals surface area contributed by atoms with Crippen LogP contribution in [0.3, 0.4) is 0 Å². The number of aryl methyl sites for hydroxylation is 1. The Morgan fingerprint density at radius 1 is 0.917 bits per heavy atom. The molecule has 0 unspecified atom stereocenters. The number of aromatic nitrogens is 3. The van der Waals surface area contributed by atoms with E-state index in [2.05, 4.69) is 49.9 Å². The molecule has 6 heteroatoms. The van der Waals surface area contributed by atoms with Gasteiger partial charge in [0.05, 0.1) is 17.4 Å². The van der Waals surface area contributed by atoms with Gasteiger partial charge in [-0.1, -0.05) is 12.1 Å². The first-order chi connectivity index (χ1) is 11.7. The Morgan fingerprint density at radius 3 is 2.46 bits per heavy atom. The summed E-state index contributed by atoms with van der Waals surface area (Å²) in [5.74, 6) is 1.58. The third-order valence-corrected chi connectivity index (χ3v) is 4.56. The Labute approximate surface area is 141 Å². The molecule has 24 heavy (non-hydrogen) atoms. The number of hydrogen-bond acceptors (Lipinski definition) is 6. The lowest BCUT2D eigenvalue weighted by Crippen LogP contribution is -2.47. The first-order valence-electron chi connectivity index (χ1n) is 8.14. The average molecular weight is 320 g/mol. The van der Waals surface area contributed by atoms with Crippen LogP contribution >= 0.6 is 0 Å². The Morgan fingerprint density at radius 2 is 1.71 bits per heavy atom. The van der Waals surface area contributed by atoms with Gasteiger partial charge in [-0.25, -0.2) is 15.0 Å². The minimum atomic E-state index is 0.556. The predicted molar refractivity (Wildman–Crippen MR) is 97.4 cm³/mol. The number of nitrogen functional groups attached to an aromatic ring is 1. The van der Waals surface area contributed by atoms with Crippen molar-refractivity contribution in [3.63, 3.8) is 0 Å². The molecule has 0 aliphatic carbocycles. The third-order valence-electron chi connectivity index (χ3n) is 4.56. The molecule has 3 heterocycles. The van der Waals surface area contributed by atoms with Crippen molar-refractivity contribution < 1.29 is 0 Å². The Kier molecular flexibility index (Phi) is 3.65. The zero-order valence-electron chi connectivity index (χ0n) is 13.7. The van der Waals surface area contributed by atoms with Crippen molar-refractivity contribution in [3.8, 4) is 0 Å². The maximum absolute atomic E-state index is 5.67. The van der Waals surface area contributed by atoms with Gasteiger partial charge in [0.15, 0.2) is 0 Å². The molecule has 6 nitrogen and oxygen atoms in total. The van der Waals surface area contributed by atoms with E-state index in [4.69, 9.17) is 5.73 Å². The van der Waals surface area contributed by atoms with Crippen molar-refractivity contribution in [2.45, 2.75) is 6.92 Å². The molecule has 4 rings (SSSR count). The predicted octanol–water partition coefficient (Wildman–Crippen LogP) is 2.24. The van der Waals surface area contributed by atoms with E-state index in [1.54, 1.807) is 6.33 Å². The van der Waals surface area contributed by atoms with Crippen molar-refractivity contribution in [2.75, 3.05) is 41.7 Å². The smallest absolute Gasteiger partial charge is 0.140 e. The zero-order chi connectivity index (χ0) is 16.5. The molecule has 2 aromatic heterocycles. The molecule has 1 fully saturated rings. The molecule has 0 saturated carbocycles. The summed E-state index contributed by atoms with van der Waals surface area (Å²) in [5, 5.41) is 1.13. The monoisotopic (exact) mass is 320 g/mol. The highest BCUT2D eigenvalue weighted by Gasteiger charge is 2.20. The molecule has 1 aliphatic rings. The van der Waals surface area contributed by atoms with Crippen LogP contribution in [0, 0.1) is 6.92 Å². The summed E-state index contributed by atoms with van der Waals surface area (Å²) >= 11 is 0. The summed E-state index contributed by atoms with van der Waals surface area (Å²) in [5.41, 5.74) is 9.00. The van der Waals surface area contributed by atoms with Crippen molar-refractivity contribution in [1.29, 1.82) is 0 Å².